The zero-order valence-electron chi connectivity index (χ0n) is 14.5. The number of hydrogen-bond donors (Lipinski definition) is 4. The fourth-order valence-electron chi connectivity index (χ4n) is 3.24. The molecule has 0 spiro atoms. The van der Waals surface area contributed by atoms with Crippen LogP contribution in [0.4, 0.5) is 17.5 Å². The highest BCUT2D eigenvalue weighted by atomic mass is 16.1. The minimum Gasteiger partial charge on any atom is -0.365 e. The Morgan fingerprint density at radius 3 is 2.52 bits per heavy atom. The molecule has 1 aromatic carbocycles. The van der Waals surface area contributed by atoms with Crippen molar-refractivity contribution in [3.8, 4) is 0 Å². The first-order valence-corrected chi connectivity index (χ1v) is 8.46. The molecule has 2 atom stereocenters. The fraction of sp³-hybridized carbons (Fsp3) is 0.389. The van der Waals surface area contributed by atoms with Gasteiger partial charge in [-0.15, -0.1) is 0 Å². The van der Waals surface area contributed by atoms with E-state index in [2.05, 4.69) is 26.7 Å². The number of rotatable bonds is 5. The van der Waals surface area contributed by atoms with Crippen molar-refractivity contribution in [2.45, 2.75) is 45.2 Å². The van der Waals surface area contributed by atoms with Gasteiger partial charge in [0.2, 0.25) is 5.95 Å². The van der Waals surface area contributed by atoms with Crippen LogP contribution in [-0.4, -0.2) is 28.0 Å². The third-order valence-corrected chi connectivity index (χ3v) is 4.42. The molecule has 3 rings (SSSR count). The number of primary amides is 1. The number of amides is 1. The van der Waals surface area contributed by atoms with Crippen LogP contribution in [0.25, 0.3) is 0 Å². The van der Waals surface area contributed by atoms with Crippen molar-refractivity contribution in [1.82, 2.24) is 9.97 Å². The van der Waals surface area contributed by atoms with Crippen LogP contribution in [-0.2, 0) is 0 Å². The summed E-state index contributed by atoms with van der Waals surface area (Å²) in [5.41, 5.74) is 14.9. The van der Waals surface area contributed by atoms with Crippen molar-refractivity contribution in [3.63, 3.8) is 0 Å². The number of nitrogens with zero attached hydrogens (tertiary/aromatic N) is 2. The Morgan fingerprint density at radius 1 is 1.20 bits per heavy atom. The largest absolute Gasteiger partial charge is 0.365 e. The summed E-state index contributed by atoms with van der Waals surface area (Å²) in [6.45, 7) is 4.03. The SMILES string of the molecule is Cc1cc(C)cc(Nc2nc(N[C@@H]3CCC[C@@H]3N)ncc2C(N)=O)c1. The number of nitrogens with two attached hydrogens (primary N) is 2. The molecule has 7 heteroatoms. The number of anilines is 3. The van der Waals surface area contributed by atoms with Crippen LogP contribution in [0.2, 0.25) is 0 Å². The second kappa shape index (κ2) is 7.06. The first-order valence-electron chi connectivity index (χ1n) is 8.46. The molecule has 6 N–H and O–H groups in total. The lowest BCUT2D eigenvalue weighted by Crippen LogP contribution is -2.35. The average molecular weight is 340 g/mol. The number of nitrogens with one attached hydrogen (secondary N) is 2. The fourth-order valence-corrected chi connectivity index (χ4v) is 3.24. The standard InChI is InChI=1S/C18H24N6O/c1-10-6-11(2)8-12(7-10)22-17-13(16(20)25)9-21-18(24-17)23-15-5-3-4-14(15)19/h6-9,14-15H,3-5,19H2,1-2H3,(H2,20,25)(H2,21,22,23,24)/t14-,15+/m0/s1. The van der Waals surface area contributed by atoms with Crippen molar-refractivity contribution < 1.29 is 4.79 Å². The minimum absolute atomic E-state index is 0.0928. The molecular formula is C18H24N6O. The number of aryl methyl sites for hydroxylation is 2. The van der Waals surface area contributed by atoms with Gasteiger partial charge in [0.05, 0.1) is 0 Å². The normalized spacial score (nSPS) is 19.6. The topological polar surface area (TPSA) is 119 Å². The van der Waals surface area contributed by atoms with Gasteiger partial charge >= 0.3 is 0 Å². The lowest BCUT2D eigenvalue weighted by molar-refractivity contribution is 0.100. The van der Waals surface area contributed by atoms with Gasteiger partial charge in [-0.2, -0.15) is 4.98 Å². The van der Waals surface area contributed by atoms with Crippen LogP contribution in [0.15, 0.2) is 24.4 Å². The Morgan fingerprint density at radius 2 is 1.92 bits per heavy atom. The zero-order chi connectivity index (χ0) is 18.0. The maximum Gasteiger partial charge on any atom is 0.254 e. The number of aromatic nitrogens is 2. The van der Waals surface area contributed by atoms with Crippen LogP contribution in [0.3, 0.4) is 0 Å². The van der Waals surface area contributed by atoms with Gasteiger partial charge in [-0.25, -0.2) is 4.98 Å². The highest BCUT2D eigenvalue weighted by molar-refractivity contribution is 5.98. The highest BCUT2D eigenvalue weighted by Gasteiger charge is 2.24. The van der Waals surface area contributed by atoms with Crippen molar-refractivity contribution >= 4 is 23.4 Å². The number of carbonyl (C=O) groups is 1. The molecule has 0 unspecified atom stereocenters. The van der Waals surface area contributed by atoms with Gasteiger partial charge in [0, 0.05) is 24.0 Å². The van der Waals surface area contributed by atoms with E-state index in [9.17, 15) is 4.79 Å². The van der Waals surface area contributed by atoms with Crippen LogP contribution in [0.1, 0.15) is 40.7 Å². The van der Waals surface area contributed by atoms with Crippen LogP contribution >= 0.6 is 0 Å². The number of benzene rings is 1. The summed E-state index contributed by atoms with van der Waals surface area (Å²) in [5, 5.41) is 6.46. The molecule has 0 saturated heterocycles. The molecule has 1 aliphatic carbocycles. The Labute approximate surface area is 147 Å². The Hall–Kier alpha value is -2.67. The van der Waals surface area contributed by atoms with E-state index in [4.69, 9.17) is 11.5 Å². The van der Waals surface area contributed by atoms with Gasteiger partial charge < -0.3 is 22.1 Å². The van der Waals surface area contributed by atoms with Gasteiger partial charge in [-0.3, -0.25) is 4.79 Å². The van der Waals surface area contributed by atoms with Gasteiger partial charge in [0.1, 0.15) is 11.4 Å². The van der Waals surface area contributed by atoms with Gasteiger partial charge in [-0.1, -0.05) is 6.07 Å². The van der Waals surface area contributed by atoms with E-state index >= 15 is 0 Å². The van der Waals surface area contributed by atoms with Gasteiger partial charge in [-0.05, 0) is 56.4 Å². The lowest BCUT2D eigenvalue weighted by Gasteiger charge is -2.18. The molecule has 0 bridgehead atoms. The summed E-state index contributed by atoms with van der Waals surface area (Å²) in [7, 11) is 0. The van der Waals surface area contributed by atoms with E-state index < -0.39 is 5.91 Å². The third kappa shape index (κ3) is 4.06. The number of hydrogen-bond acceptors (Lipinski definition) is 6. The second-order valence-electron chi connectivity index (χ2n) is 6.67. The van der Waals surface area contributed by atoms with E-state index in [1.807, 2.05) is 26.0 Å². The molecule has 25 heavy (non-hydrogen) atoms. The van der Waals surface area contributed by atoms with E-state index in [0.29, 0.717) is 11.8 Å². The smallest absolute Gasteiger partial charge is 0.254 e. The van der Waals surface area contributed by atoms with Crippen LogP contribution in [0, 0.1) is 13.8 Å². The summed E-state index contributed by atoms with van der Waals surface area (Å²) < 4.78 is 0. The van der Waals surface area contributed by atoms with Gasteiger partial charge in [0.25, 0.3) is 5.91 Å². The van der Waals surface area contributed by atoms with E-state index in [-0.39, 0.29) is 17.6 Å². The average Bonchev–Trinajstić information content (AvgIpc) is 2.91. The number of carbonyl (C=O) groups excluding carboxylic acids is 1. The molecule has 1 amide bonds. The van der Waals surface area contributed by atoms with E-state index in [1.165, 1.54) is 6.20 Å². The van der Waals surface area contributed by atoms with Crippen LogP contribution in [0.5, 0.6) is 0 Å². The Kier molecular flexibility index (Phi) is 4.85. The maximum atomic E-state index is 11.7. The molecule has 1 heterocycles. The molecule has 0 aliphatic heterocycles. The molecule has 1 aromatic heterocycles. The summed E-state index contributed by atoms with van der Waals surface area (Å²) >= 11 is 0. The monoisotopic (exact) mass is 340 g/mol. The van der Waals surface area contributed by atoms with Gasteiger partial charge in [0.15, 0.2) is 0 Å². The first-order chi connectivity index (χ1) is 11.9. The molecule has 0 radical (unpaired) electrons. The zero-order valence-corrected chi connectivity index (χ0v) is 14.5. The van der Waals surface area contributed by atoms with E-state index in [0.717, 1.165) is 36.1 Å². The second-order valence-corrected chi connectivity index (χ2v) is 6.67. The molecule has 1 fully saturated rings. The lowest BCUT2D eigenvalue weighted by atomic mass is 10.1. The summed E-state index contributed by atoms with van der Waals surface area (Å²) in [6.07, 6.45) is 4.52. The molecule has 2 aromatic rings. The predicted molar refractivity (Wildman–Crippen MR) is 99.0 cm³/mol. The molecular weight excluding hydrogens is 316 g/mol. The molecule has 1 saturated carbocycles. The quantitative estimate of drug-likeness (QED) is 0.663. The predicted octanol–water partition coefficient (Wildman–Crippen LogP) is 2.23. The Balaban J connectivity index is 1.89. The van der Waals surface area contributed by atoms with Crippen molar-refractivity contribution in [2.24, 2.45) is 11.5 Å². The summed E-state index contributed by atoms with van der Waals surface area (Å²) in [5.74, 6) is 0.261. The highest BCUT2D eigenvalue weighted by Crippen LogP contribution is 2.24. The van der Waals surface area contributed by atoms with Crippen LogP contribution < -0.4 is 22.1 Å². The van der Waals surface area contributed by atoms with Crippen molar-refractivity contribution in [3.05, 3.63) is 41.1 Å². The Bertz CT molecular complexity index is 771. The van der Waals surface area contributed by atoms with E-state index in [1.54, 1.807) is 0 Å². The molecule has 132 valence electrons. The third-order valence-electron chi connectivity index (χ3n) is 4.42. The first kappa shape index (κ1) is 17.2. The van der Waals surface area contributed by atoms with Crippen molar-refractivity contribution in [1.29, 1.82) is 0 Å². The van der Waals surface area contributed by atoms with Crippen molar-refractivity contribution in [2.75, 3.05) is 10.6 Å². The summed E-state index contributed by atoms with van der Waals surface area (Å²) in [6, 6.07) is 6.29. The maximum absolute atomic E-state index is 11.7. The molecule has 1 aliphatic rings. The molecule has 7 nitrogen and oxygen atoms in total. The summed E-state index contributed by atoms with van der Waals surface area (Å²) in [4.78, 5) is 20.4. The minimum atomic E-state index is -0.573.